The van der Waals surface area contributed by atoms with Crippen LogP contribution in [0.4, 0.5) is 5.82 Å². The van der Waals surface area contributed by atoms with Crippen LogP contribution in [0.3, 0.4) is 0 Å². The summed E-state index contributed by atoms with van der Waals surface area (Å²) in [4.78, 5) is 14.5. The maximum atomic E-state index is 13.0. The molecule has 1 aromatic heterocycles. The van der Waals surface area contributed by atoms with E-state index in [9.17, 15) is 10.0 Å². The second kappa shape index (κ2) is 5.91. The largest absolute Gasteiger partial charge is 0.711 e. The first-order valence-electron chi connectivity index (χ1n) is 8.05. The van der Waals surface area contributed by atoms with E-state index < -0.39 is 0 Å². The number of aromatic nitrogens is 1. The monoisotopic (exact) mass is 328 g/mol. The highest BCUT2D eigenvalue weighted by molar-refractivity contribution is 6.23. The predicted octanol–water partition coefficient (Wildman–Crippen LogP) is 3.79. The Morgan fingerprint density at radius 2 is 1.72 bits per heavy atom. The molecular weight excluding hydrogens is 312 g/mol. The maximum Gasteiger partial charge on any atom is 0.347 e. The van der Waals surface area contributed by atoms with Gasteiger partial charge in [0, 0.05) is 11.6 Å². The van der Waals surface area contributed by atoms with E-state index in [1.165, 1.54) is 11.1 Å². The average molecular weight is 328 g/mol. The van der Waals surface area contributed by atoms with E-state index in [0.717, 1.165) is 21.4 Å². The molecule has 2 heterocycles. The van der Waals surface area contributed by atoms with Crippen molar-refractivity contribution in [3.63, 3.8) is 0 Å². The quantitative estimate of drug-likeness (QED) is 0.531. The number of pyridine rings is 1. The fourth-order valence-corrected chi connectivity index (χ4v) is 3.08. The number of fused-ring (bicyclic) bond motifs is 1. The van der Waals surface area contributed by atoms with Crippen molar-refractivity contribution in [1.29, 1.82) is 0 Å². The number of rotatable bonds is 2. The molecule has 25 heavy (non-hydrogen) atoms. The van der Waals surface area contributed by atoms with E-state index in [0.29, 0.717) is 17.1 Å². The van der Waals surface area contributed by atoms with Crippen molar-refractivity contribution in [2.75, 3.05) is 4.90 Å². The van der Waals surface area contributed by atoms with Crippen molar-refractivity contribution < 1.29 is 9.52 Å². The van der Waals surface area contributed by atoms with Gasteiger partial charge in [-0.05, 0) is 36.8 Å². The fourth-order valence-electron chi connectivity index (χ4n) is 3.08. The summed E-state index contributed by atoms with van der Waals surface area (Å²) >= 11 is 0. The number of hydrogen-bond acceptors (Lipinski definition) is 2. The van der Waals surface area contributed by atoms with Crippen LogP contribution in [0, 0.1) is 12.1 Å². The number of benzene rings is 2. The molecule has 0 spiro atoms. The standard InChI is InChI=1S/C21H16N2O2/c1-15-10-11-17-18(13-15)19(14-16-7-3-2-4-8-16)23(21(17)24)20-9-5-6-12-22(20)25/h2-14H,1H3/b19-14-. The Labute approximate surface area is 145 Å². The molecule has 0 N–H and O–H groups in total. The molecule has 4 heteroatoms. The van der Waals surface area contributed by atoms with E-state index in [-0.39, 0.29) is 5.91 Å². The Hall–Kier alpha value is -3.40. The summed E-state index contributed by atoms with van der Waals surface area (Å²) in [5.41, 5.74) is 4.20. The lowest BCUT2D eigenvalue weighted by Crippen LogP contribution is -2.37. The number of hydrogen-bond donors (Lipinski definition) is 0. The molecule has 0 unspecified atom stereocenters. The number of aryl methyl sites for hydroxylation is 1. The molecule has 0 fully saturated rings. The topological polar surface area (TPSA) is 47.2 Å². The highest BCUT2D eigenvalue weighted by atomic mass is 16.5. The van der Waals surface area contributed by atoms with Gasteiger partial charge in [0.15, 0.2) is 0 Å². The first kappa shape index (κ1) is 15.1. The first-order valence-corrected chi connectivity index (χ1v) is 8.05. The lowest BCUT2D eigenvalue weighted by molar-refractivity contribution is -0.591. The highest BCUT2D eigenvalue weighted by Crippen LogP contribution is 2.37. The van der Waals surface area contributed by atoms with Crippen molar-refractivity contribution in [2.45, 2.75) is 6.92 Å². The summed E-state index contributed by atoms with van der Waals surface area (Å²) in [6, 6.07) is 20.6. The molecule has 1 aliphatic rings. The molecule has 3 aromatic rings. The SMILES string of the molecule is Cc1ccc2c(c1)/C(=C/c1ccccc1)N(c1cccc[n+]1[O-])C2=O. The lowest BCUT2D eigenvalue weighted by Gasteiger charge is -2.15. The molecule has 4 rings (SSSR count). The molecule has 0 atom stereocenters. The summed E-state index contributed by atoms with van der Waals surface area (Å²) in [6.07, 6.45) is 3.34. The Bertz CT molecular complexity index is 994. The van der Waals surface area contributed by atoms with Crippen molar-refractivity contribution in [2.24, 2.45) is 0 Å². The number of carbonyl (C=O) groups is 1. The second-order valence-corrected chi connectivity index (χ2v) is 6.01. The van der Waals surface area contributed by atoms with Crippen LogP contribution in [0.1, 0.15) is 27.0 Å². The van der Waals surface area contributed by atoms with Gasteiger partial charge in [-0.2, -0.15) is 4.90 Å². The van der Waals surface area contributed by atoms with Crippen LogP contribution in [-0.2, 0) is 0 Å². The van der Waals surface area contributed by atoms with Gasteiger partial charge >= 0.3 is 5.91 Å². The van der Waals surface area contributed by atoms with Gasteiger partial charge < -0.3 is 5.21 Å². The summed E-state index contributed by atoms with van der Waals surface area (Å²) in [7, 11) is 0. The minimum absolute atomic E-state index is 0.187. The minimum atomic E-state index is -0.187. The van der Waals surface area contributed by atoms with Crippen LogP contribution in [0.2, 0.25) is 0 Å². The van der Waals surface area contributed by atoms with Crippen LogP contribution in [0.25, 0.3) is 11.8 Å². The second-order valence-electron chi connectivity index (χ2n) is 6.01. The first-order chi connectivity index (χ1) is 12.1. The van der Waals surface area contributed by atoms with Crippen LogP contribution < -0.4 is 9.63 Å². The molecule has 0 bridgehead atoms. The van der Waals surface area contributed by atoms with Gasteiger partial charge in [0.1, 0.15) is 5.70 Å². The van der Waals surface area contributed by atoms with E-state index >= 15 is 0 Å². The summed E-state index contributed by atoms with van der Waals surface area (Å²) in [5, 5.41) is 12.3. The molecular formula is C21H16N2O2. The third-order valence-corrected chi connectivity index (χ3v) is 4.26. The summed E-state index contributed by atoms with van der Waals surface area (Å²) < 4.78 is 0.718. The van der Waals surface area contributed by atoms with Gasteiger partial charge in [0.2, 0.25) is 0 Å². The lowest BCUT2D eigenvalue weighted by atomic mass is 10.0. The Morgan fingerprint density at radius 3 is 2.48 bits per heavy atom. The van der Waals surface area contributed by atoms with E-state index in [2.05, 4.69) is 0 Å². The molecule has 0 saturated heterocycles. The number of amides is 1. The summed E-state index contributed by atoms with van der Waals surface area (Å²) in [6.45, 7) is 1.99. The minimum Gasteiger partial charge on any atom is -0.711 e. The van der Waals surface area contributed by atoms with Gasteiger partial charge in [-0.15, -0.1) is 0 Å². The third-order valence-electron chi connectivity index (χ3n) is 4.26. The van der Waals surface area contributed by atoms with Crippen molar-refractivity contribution in [3.05, 3.63) is 100 Å². The van der Waals surface area contributed by atoms with Gasteiger partial charge in [-0.25, -0.2) is 9.52 Å². The van der Waals surface area contributed by atoms with E-state index in [4.69, 9.17) is 0 Å². The summed E-state index contributed by atoms with van der Waals surface area (Å²) in [5.74, 6) is 0.108. The normalized spacial score (nSPS) is 14.8. The molecule has 122 valence electrons. The number of nitrogens with zero attached hydrogens (tertiary/aromatic N) is 2. The molecule has 4 nitrogen and oxygen atoms in total. The maximum absolute atomic E-state index is 13.0. The Balaban J connectivity index is 1.95. The Kier molecular flexibility index (Phi) is 3.58. The van der Waals surface area contributed by atoms with Gasteiger partial charge in [-0.1, -0.05) is 48.0 Å². The molecule has 0 aliphatic carbocycles. The Morgan fingerprint density at radius 1 is 0.960 bits per heavy atom. The molecule has 1 amide bonds. The third kappa shape index (κ3) is 2.58. The van der Waals surface area contributed by atoms with Crippen molar-refractivity contribution in [1.82, 2.24) is 0 Å². The average Bonchev–Trinajstić information content (AvgIpc) is 2.88. The smallest absolute Gasteiger partial charge is 0.347 e. The van der Waals surface area contributed by atoms with E-state index in [1.807, 2.05) is 61.5 Å². The van der Waals surface area contributed by atoms with Gasteiger partial charge in [0.05, 0.1) is 11.8 Å². The van der Waals surface area contributed by atoms with Crippen LogP contribution in [-0.4, -0.2) is 5.91 Å². The molecule has 0 saturated carbocycles. The number of carbonyl (C=O) groups excluding carboxylic acids is 1. The van der Waals surface area contributed by atoms with Gasteiger partial charge in [0.25, 0.3) is 5.82 Å². The van der Waals surface area contributed by atoms with Crippen LogP contribution in [0.5, 0.6) is 0 Å². The van der Waals surface area contributed by atoms with Crippen LogP contribution >= 0.6 is 0 Å². The zero-order chi connectivity index (χ0) is 17.4. The van der Waals surface area contributed by atoms with E-state index in [1.54, 1.807) is 18.2 Å². The zero-order valence-electron chi connectivity index (χ0n) is 13.7. The molecule has 1 aliphatic heterocycles. The highest BCUT2D eigenvalue weighted by Gasteiger charge is 2.41. The van der Waals surface area contributed by atoms with Crippen molar-refractivity contribution in [3.8, 4) is 0 Å². The van der Waals surface area contributed by atoms with Crippen molar-refractivity contribution >= 4 is 23.5 Å². The number of anilines is 1. The molecule has 2 aromatic carbocycles. The zero-order valence-corrected chi connectivity index (χ0v) is 13.7. The molecule has 0 radical (unpaired) electrons. The van der Waals surface area contributed by atoms with Gasteiger partial charge in [-0.3, -0.25) is 0 Å². The van der Waals surface area contributed by atoms with Crippen LogP contribution in [0.15, 0.2) is 72.9 Å². The fraction of sp³-hybridized carbons (Fsp3) is 0.0476. The predicted molar refractivity (Wildman–Crippen MR) is 97.7 cm³/mol.